The fourth-order valence-electron chi connectivity index (χ4n) is 3.00. The molecule has 0 aromatic rings. The van der Waals surface area contributed by atoms with Gasteiger partial charge in [-0.1, -0.05) is 12.8 Å². The first kappa shape index (κ1) is 13.2. The summed E-state index contributed by atoms with van der Waals surface area (Å²) in [5.74, 6) is 0. The second-order valence-corrected chi connectivity index (χ2v) is 5.29. The number of aliphatic hydroxyl groups excluding tert-OH is 2. The van der Waals surface area contributed by atoms with Crippen LogP contribution in [0.4, 0.5) is 0 Å². The highest BCUT2D eigenvalue weighted by molar-refractivity contribution is 4.94. The fraction of sp³-hybridized carbons (Fsp3) is 1.00. The third kappa shape index (κ3) is 2.48. The van der Waals surface area contributed by atoms with E-state index in [-0.39, 0.29) is 0 Å². The Hall–Kier alpha value is -0.200. The lowest BCUT2D eigenvalue weighted by atomic mass is 9.95. The SMILES string of the molecule is C[C@H]1O[C@H]([O-])[C@H](N(C)C2CCCC2)[C@@H](O)[C@H]1O. The summed E-state index contributed by atoms with van der Waals surface area (Å²) < 4.78 is 5.15. The van der Waals surface area contributed by atoms with Gasteiger partial charge in [0.2, 0.25) is 0 Å². The summed E-state index contributed by atoms with van der Waals surface area (Å²) in [7, 11) is 1.85. The number of hydrogen-bond acceptors (Lipinski definition) is 5. The molecule has 5 heteroatoms. The molecule has 100 valence electrons. The molecule has 17 heavy (non-hydrogen) atoms. The Morgan fingerprint density at radius 1 is 1.18 bits per heavy atom. The summed E-state index contributed by atoms with van der Waals surface area (Å²) >= 11 is 0. The van der Waals surface area contributed by atoms with Crippen LogP contribution in [0.1, 0.15) is 32.6 Å². The van der Waals surface area contributed by atoms with E-state index in [0.717, 1.165) is 12.8 Å². The summed E-state index contributed by atoms with van der Waals surface area (Å²) in [6.45, 7) is 1.62. The van der Waals surface area contributed by atoms with Gasteiger partial charge in [-0.05, 0) is 26.8 Å². The van der Waals surface area contributed by atoms with Gasteiger partial charge in [-0.2, -0.15) is 0 Å². The van der Waals surface area contributed by atoms with Crippen molar-refractivity contribution in [2.75, 3.05) is 7.05 Å². The van der Waals surface area contributed by atoms with Crippen LogP contribution in [0.2, 0.25) is 0 Å². The van der Waals surface area contributed by atoms with Crippen LogP contribution in [0.15, 0.2) is 0 Å². The maximum Gasteiger partial charge on any atom is 0.107 e. The molecule has 0 aromatic carbocycles. The van der Waals surface area contributed by atoms with E-state index in [1.807, 2.05) is 11.9 Å². The second-order valence-electron chi connectivity index (χ2n) is 5.29. The number of ether oxygens (including phenoxy) is 1. The molecular formula is C12H22NO4-. The van der Waals surface area contributed by atoms with E-state index < -0.39 is 30.6 Å². The topological polar surface area (TPSA) is 76.0 Å². The molecule has 0 bridgehead atoms. The Morgan fingerprint density at radius 2 is 1.76 bits per heavy atom. The van der Waals surface area contributed by atoms with Gasteiger partial charge in [-0.25, -0.2) is 0 Å². The van der Waals surface area contributed by atoms with E-state index in [0.29, 0.717) is 6.04 Å². The summed E-state index contributed by atoms with van der Waals surface area (Å²) in [5.41, 5.74) is 0. The monoisotopic (exact) mass is 244 g/mol. The Bertz CT molecular complexity index is 257. The lowest BCUT2D eigenvalue weighted by Crippen LogP contribution is -2.67. The van der Waals surface area contributed by atoms with E-state index >= 15 is 0 Å². The third-order valence-electron chi connectivity index (χ3n) is 4.18. The van der Waals surface area contributed by atoms with E-state index in [1.54, 1.807) is 6.92 Å². The van der Waals surface area contributed by atoms with Crippen molar-refractivity contribution in [2.45, 2.75) is 69.3 Å². The maximum absolute atomic E-state index is 11.9. The average Bonchev–Trinajstić information content (AvgIpc) is 2.79. The standard InChI is InChI=1S/C12H22NO4/c1-7-10(14)11(15)9(12(16)17-7)13(2)8-5-3-4-6-8/h7-12,14-15H,3-6H2,1-2H3/q-1/t7-,9-,10+,11-,12+/m1/s1. The molecule has 1 aliphatic heterocycles. The van der Waals surface area contributed by atoms with E-state index in [2.05, 4.69) is 0 Å². The van der Waals surface area contributed by atoms with Crippen molar-refractivity contribution in [3.05, 3.63) is 0 Å². The van der Waals surface area contributed by atoms with Crippen molar-refractivity contribution in [3.8, 4) is 0 Å². The van der Waals surface area contributed by atoms with Gasteiger partial charge in [-0.3, -0.25) is 4.90 Å². The van der Waals surface area contributed by atoms with E-state index in [4.69, 9.17) is 4.74 Å². The van der Waals surface area contributed by atoms with Crippen LogP contribution in [0.5, 0.6) is 0 Å². The highest BCUT2D eigenvalue weighted by Gasteiger charge is 2.41. The quantitative estimate of drug-likeness (QED) is 0.655. The first-order chi connectivity index (χ1) is 8.02. The van der Waals surface area contributed by atoms with Gasteiger partial charge in [0.15, 0.2) is 0 Å². The van der Waals surface area contributed by atoms with Crippen molar-refractivity contribution in [1.29, 1.82) is 0 Å². The molecule has 0 unspecified atom stereocenters. The highest BCUT2D eigenvalue weighted by atomic mass is 16.6. The molecule has 0 amide bonds. The largest absolute Gasteiger partial charge is 0.830 e. The van der Waals surface area contributed by atoms with Crippen molar-refractivity contribution in [2.24, 2.45) is 0 Å². The van der Waals surface area contributed by atoms with Gasteiger partial charge in [-0.15, -0.1) is 0 Å². The number of rotatable bonds is 2. The molecule has 1 saturated heterocycles. The van der Waals surface area contributed by atoms with Gasteiger partial charge in [0.25, 0.3) is 0 Å². The molecule has 0 radical (unpaired) electrons. The lowest BCUT2D eigenvalue weighted by Gasteiger charge is -2.50. The smallest absolute Gasteiger partial charge is 0.107 e. The molecule has 2 rings (SSSR count). The number of hydrogen-bond donors (Lipinski definition) is 2. The molecule has 5 atom stereocenters. The highest BCUT2D eigenvalue weighted by Crippen LogP contribution is 2.29. The van der Waals surface area contributed by atoms with Gasteiger partial charge in [0, 0.05) is 18.4 Å². The van der Waals surface area contributed by atoms with E-state index in [9.17, 15) is 15.3 Å². The Balaban J connectivity index is 2.06. The molecule has 2 N–H and O–H groups in total. The molecule has 1 saturated carbocycles. The van der Waals surface area contributed by atoms with Crippen LogP contribution < -0.4 is 5.11 Å². The summed E-state index contributed by atoms with van der Waals surface area (Å²) in [6, 6.07) is -0.320. The molecule has 5 nitrogen and oxygen atoms in total. The van der Waals surface area contributed by atoms with Gasteiger partial charge < -0.3 is 20.1 Å². The van der Waals surface area contributed by atoms with Gasteiger partial charge in [0.05, 0.1) is 12.2 Å². The number of aliphatic hydroxyl groups is 2. The number of likely N-dealkylation sites (N-methyl/N-ethyl adjacent to an activating group) is 1. The zero-order valence-corrected chi connectivity index (χ0v) is 10.5. The van der Waals surface area contributed by atoms with Crippen LogP contribution in [0.25, 0.3) is 0 Å². The summed E-state index contributed by atoms with van der Waals surface area (Å²) in [6.07, 6.45) is 0.564. The van der Waals surface area contributed by atoms with Crippen molar-refractivity contribution < 1.29 is 20.1 Å². The van der Waals surface area contributed by atoms with E-state index in [1.165, 1.54) is 12.8 Å². The van der Waals surface area contributed by atoms with Crippen molar-refractivity contribution >= 4 is 0 Å². The molecule has 2 fully saturated rings. The normalized spacial score (nSPS) is 44.5. The lowest BCUT2D eigenvalue weighted by molar-refractivity contribution is -0.525. The van der Waals surface area contributed by atoms with Crippen LogP contribution in [-0.2, 0) is 4.74 Å². The van der Waals surface area contributed by atoms with Crippen LogP contribution in [0.3, 0.4) is 0 Å². The molecule has 2 aliphatic rings. The van der Waals surface area contributed by atoms with Gasteiger partial charge in [0.1, 0.15) is 6.10 Å². The Kier molecular flexibility index (Phi) is 4.05. The summed E-state index contributed by atoms with van der Waals surface area (Å²) in [4.78, 5) is 1.91. The third-order valence-corrected chi connectivity index (χ3v) is 4.18. The Labute approximate surface area is 102 Å². The predicted octanol–water partition coefficient (Wildman–Crippen LogP) is -0.944. The minimum atomic E-state index is -1.28. The molecular weight excluding hydrogens is 222 g/mol. The maximum atomic E-state index is 11.9. The first-order valence-corrected chi connectivity index (χ1v) is 6.41. The number of nitrogens with zero attached hydrogens (tertiary/aromatic N) is 1. The molecule has 0 spiro atoms. The zero-order valence-electron chi connectivity index (χ0n) is 10.5. The van der Waals surface area contributed by atoms with Crippen LogP contribution in [0, 0.1) is 0 Å². The average molecular weight is 244 g/mol. The van der Waals surface area contributed by atoms with Gasteiger partial charge >= 0.3 is 0 Å². The second kappa shape index (κ2) is 5.20. The summed E-state index contributed by atoms with van der Waals surface area (Å²) in [5, 5.41) is 31.7. The van der Waals surface area contributed by atoms with Crippen LogP contribution in [-0.4, -0.2) is 58.8 Å². The fourth-order valence-corrected chi connectivity index (χ4v) is 3.00. The zero-order chi connectivity index (χ0) is 12.6. The first-order valence-electron chi connectivity index (χ1n) is 6.41. The minimum absolute atomic E-state index is 0.329. The van der Waals surface area contributed by atoms with Crippen molar-refractivity contribution in [3.63, 3.8) is 0 Å². The van der Waals surface area contributed by atoms with Crippen molar-refractivity contribution in [1.82, 2.24) is 4.90 Å². The molecule has 1 heterocycles. The van der Waals surface area contributed by atoms with Crippen LogP contribution >= 0.6 is 0 Å². The Morgan fingerprint density at radius 3 is 2.35 bits per heavy atom. The minimum Gasteiger partial charge on any atom is -0.830 e. The molecule has 0 aromatic heterocycles. The molecule has 1 aliphatic carbocycles. The predicted molar refractivity (Wildman–Crippen MR) is 60.2 cm³/mol.